The molecule has 0 saturated heterocycles. The highest BCUT2D eigenvalue weighted by molar-refractivity contribution is 6.08. The molecule has 23 heavy (non-hydrogen) atoms. The fourth-order valence-electron chi connectivity index (χ4n) is 2.26. The molecule has 0 radical (unpaired) electrons. The Labute approximate surface area is 136 Å². The Hall–Kier alpha value is -2.88. The molecule has 0 aliphatic heterocycles. The second-order valence-corrected chi connectivity index (χ2v) is 5.11. The van der Waals surface area contributed by atoms with Gasteiger partial charge in [0.25, 0.3) is 5.91 Å². The number of aromatic nitrogens is 1. The second kappa shape index (κ2) is 7.94. The van der Waals surface area contributed by atoms with Crippen LogP contribution in [0, 0.1) is 0 Å². The van der Waals surface area contributed by atoms with Gasteiger partial charge in [0.2, 0.25) is 0 Å². The van der Waals surface area contributed by atoms with Crippen LogP contribution < -0.4 is 10.6 Å². The van der Waals surface area contributed by atoms with E-state index in [1.54, 1.807) is 18.3 Å². The predicted octanol–water partition coefficient (Wildman–Crippen LogP) is 4.04. The Balaban J connectivity index is 2.34. The smallest absolute Gasteiger partial charge is 0.252 e. The van der Waals surface area contributed by atoms with E-state index in [0.29, 0.717) is 12.1 Å². The predicted molar refractivity (Wildman–Crippen MR) is 96.5 cm³/mol. The number of rotatable bonds is 8. The van der Waals surface area contributed by atoms with Crippen LogP contribution in [-0.2, 0) is 0 Å². The van der Waals surface area contributed by atoms with Gasteiger partial charge in [-0.3, -0.25) is 9.78 Å². The lowest BCUT2D eigenvalue weighted by molar-refractivity contribution is 0.0959. The van der Waals surface area contributed by atoms with Gasteiger partial charge < -0.3 is 10.6 Å². The molecule has 1 heterocycles. The fraction of sp³-hybridized carbons (Fsp3) is 0.158. The summed E-state index contributed by atoms with van der Waals surface area (Å²) in [4.78, 5) is 16.7. The topological polar surface area (TPSA) is 54.0 Å². The van der Waals surface area contributed by atoms with E-state index in [0.717, 1.165) is 35.1 Å². The molecule has 118 valence electrons. The van der Waals surface area contributed by atoms with Crippen molar-refractivity contribution < 1.29 is 4.79 Å². The van der Waals surface area contributed by atoms with Crippen LogP contribution in [0.1, 0.15) is 23.2 Å². The van der Waals surface area contributed by atoms with Crippen molar-refractivity contribution in [1.29, 1.82) is 0 Å². The van der Waals surface area contributed by atoms with Gasteiger partial charge in [0, 0.05) is 23.8 Å². The van der Waals surface area contributed by atoms with Gasteiger partial charge >= 0.3 is 0 Å². The fourth-order valence-corrected chi connectivity index (χ4v) is 2.26. The van der Waals surface area contributed by atoms with E-state index in [1.165, 1.54) is 0 Å². The lowest BCUT2D eigenvalue weighted by Crippen LogP contribution is -2.23. The van der Waals surface area contributed by atoms with Crippen molar-refractivity contribution in [2.45, 2.75) is 12.8 Å². The van der Waals surface area contributed by atoms with Crippen molar-refractivity contribution in [3.63, 3.8) is 0 Å². The molecule has 4 nitrogen and oxygen atoms in total. The van der Waals surface area contributed by atoms with Crippen molar-refractivity contribution in [3.8, 4) is 0 Å². The Morgan fingerprint density at radius 1 is 1.22 bits per heavy atom. The summed E-state index contributed by atoms with van der Waals surface area (Å²) in [6.07, 6.45) is 6.82. The normalized spacial score (nSPS) is 10.1. The molecule has 4 heteroatoms. The summed E-state index contributed by atoms with van der Waals surface area (Å²) < 4.78 is 0. The SMILES string of the molecule is C=CCCC(=C)Nc1cccc2c(C(=O)NCC=C)ccnc12. The zero-order valence-corrected chi connectivity index (χ0v) is 13.1. The number of carbonyl (C=O) groups is 1. The number of nitrogens with one attached hydrogen (secondary N) is 2. The molecule has 2 rings (SSSR count). The number of amides is 1. The minimum Gasteiger partial charge on any atom is -0.358 e. The quantitative estimate of drug-likeness (QED) is 0.724. The van der Waals surface area contributed by atoms with E-state index in [4.69, 9.17) is 0 Å². The Bertz CT molecular complexity index is 749. The van der Waals surface area contributed by atoms with Gasteiger partial charge in [-0.1, -0.05) is 30.9 Å². The van der Waals surface area contributed by atoms with Gasteiger partial charge in [-0.2, -0.15) is 0 Å². The molecular formula is C19H21N3O. The third-order valence-electron chi connectivity index (χ3n) is 3.38. The van der Waals surface area contributed by atoms with E-state index in [-0.39, 0.29) is 5.91 Å². The monoisotopic (exact) mass is 307 g/mol. The number of hydrogen-bond acceptors (Lipinski definition) is 3. The molecule has 0 aliphatic carbocycles. The van der Waals surface area contributed by atoms with Gasteiger partial charge in [-0.25, -0.2) is 0 Å². The number of hydrogen-bond donors (Lipinski definition) is 2. The average molecular weight is 307 g/mol. The van der Waals surface area contributed by atoms with Gasteiger partial charge in [0.05, 0.1) is 16.8 Å². The first kappa shape index (κ1) is 16.5. The highest BCUT2D eigenvalue weighted by Gasteiger charge is 2.12. The lowest BCUT2D eigenvalue weighted by Gasteiger charge is -2.12. The molecule has 0 fully saturated rings. The average Bonchev–Trinajstić information content (AvgIpc) is 2.57. The van der Waals surface area contributed by atoms with Crippen LogP contribution >= 0.6 is 0 Å². The summed E-state index contributed by atoms with van der Waals surface area (Å²) in [6, 6.07) is 7.44. The zero-order chi connectivity index (χ0) is 16.7. The van der Waals surface area contributed by atoms with Crippen LogP contribution in [0.25, 0.3) is 10.9 Å². The molecule has 2 N–H and O–H groups in total. The molecule has 1 aromatic heterocycles. The van der Waals surface area contributed by atoms with Crippen LogP contribution in [0.3, 0.4) is 0 Å². The third-order valence-corrected chi connectivity index (χ3v) is 3.38. The Kier molecular flexibility index (Phi) is 5.69. The number of carbonyl (C=O) groups excluding carboxylic acids is 1. The molecule has 0 unspecified atom stereocenters. The molecule has 1 amide bonds. The Morgan fingerprint density at radius 2 is 2.04 bits per heavy atom. The van der Waals surface area contributed by atoms with Crippen LogP contribution in [0.2, 0.25) is 0 Å². The number of benzene rings is 1. The van der Waals surface area contributed by atoms with Crippen molar-refractivity contribution in [2.75, 3.05) is 11.9 Å². The molecule has 0 bridgehead atoms. The first-order chi connectivity index (χ1) is 11.2. The van der Waals surface area contributed by atoms with Gasteiger partial charge in [0.15, 0.2) is 0 Å². The van der Waals surface area contributed by atoms with Gasteiger partial charge in [-0.15, -0.1) is 13.2 Å². The molecular weight excluding hydrogens is 286 g/mol. The summed E-state index contributed by atoms with van der Waals surface area (Å²) in [7, 11) is 0. The van der Waals surface area contributed by atoms with E-state index < -0.39 is 0 Å². The Morgan fingerprint density at radius 3 is 2.78 bits per heavy atom. The first-order valence-electron chi connectivity index (χ1n) is 7.50. The van der Waals surface area contributed by atoms with Gasteiger partial charge in [-0.05, 0) is 25.0 Å². The number of nitrogens with zero attached hydrogens (tertiary/aromatic N) is 1. The number of pyridine rings is 1. The number of para-hydroxylation sites is 1. The largest absolute Gasteiger partial charge is 0.358 e. The van der Waals surface area contributed by atoms with Crippen LogP contribution in [0.5, 0.6) is 0 Å². The van der Waals surface area contributed by atoms with Crippen LogP contribution in [0.4, 0.5) is 5.69 Å². The summed E-state index contributed by atoms with van der Waals surface area (Å²) >= 11 is 0. The summed E-state index contributed by atoms with van der Waals surface area (Å²) in [6.45, 7) is 11.8. The standard InChI is InChI=1S/C19H21N3O/c1-4-6-8-14(3)22-17-10-7-9-15-16(11-13-20-18(15)17)19(23)21-12-5-2/h4-5,7,9-11,13,22H,1-3,6,8,12H2,(H,21,23). The maximum Gasteiger partial charge on any atom is 0.252 e. The summed E-state index contributed by atoms with van der Waals surface area (Å²) in [5, 5.41) is 6.87. The minimum absolute atomic E-state index is 0.139. The molecule has 0 aliphatic rings. The molecule has 0 saturated carbocycles. The number of fused-ring (bicyclic) bond motifs is 1. The summed E-state index contributed by atoms with van der Waals surface area (Å²) in [5.74, 6) is -0.139. The van der Waals surface area contributed by atoms with E-state index in [1.807, 2.05) is 24.3 Å². The minimum atomic E-state index is -0.139. The summed E-state index contributed by atoms with van der Waals surface area (Å²) in [5.41, 5.74) is 3.08. The van der Waals surface area contributed by atoms with E-state index in [9.17, 15) is 4.79 Å². The third kappa shape index (κ3) is 4.07. The van der Waals surface area contributed by atoms with E-state index >= 15 is 0 Å². The molecule has 0 atom stereocenters. The highest BCUT2D eigenvalue weighted by atomic mass is 16.1. The molecule has 1 aromatic carbocycles. The van der Waals surface area contributed by atoms with Crippen molar-refractivity contribution >= 4 is 22.5 Å². The maximum absolute atomic E-state index is 12.3. The molecule has 0 spiro atoms. The second-order valence-electron chi connectivity index (χ2n) is 5.11. The van der Waals surface area contributed by atoms with Gasteiger partial charge in [0.1, 0.15) is 0 Å². The van der Waals surface area contributed by atoms with Crippen LogP contribution in [0.15, 0.2) is 68.0 Å². The maximum atomic E-state index is 12.3. The van der Waals surface area contributed by atoms with Crippen LogP contribution in [-0.4, -0.2) is 17.4 Å². The van der Waals surface area contributed by atoms with Crippen molar-refractivity contribution in [1.82, 2.24) is 10.3 Å². The molecule has 2 aromatic rings. The number of allylic oxidation sites excluding steroid dienone is 2. The number of anilines is 1. The zero-order valence-electron chi connectivity index (χ0n) is 13.1. The van der Waals surface area contributed by atoms with Crippen molar-refractivity contribution in [2.24, 2.45) is 0 Å². The lowest BCUT2D eigenvalue weighted by atomic mass is 10.1. The van der Waals surface area contributed by atoms with Crippen molar-refractivity contribution in [3.05, 3.63) is 73.6 Å². The van der Waals surface area contributed by atoms with E-state index in [2.05, 4.69) is 35.4 Å². The first-order valence-corrected chi connectivity index (χ1v) is 7.50. The highest BCUT2D eigenvalue weighted by Crippen LogP contribution is 2.25.